The number of thioether (sulfide) groups is 1. The Morgan fingerprint density at radius 2 is 2.00 bits per heavy atom. The van der Waals surface area contributed by atoms with Crippen molar-refractivity contribution in [3.05, 3.63) is 70.2 Å². The van der Waals surface area contributed by atoms with Crippen LogP contribution in [-0.2, 0) is 4.74 Å². The maximum absolute atomic E-state index is 12.3. The van der Waals surface area contributed by atoms with Crippen LogP contribution in [0.25, 0.3) is 4.91 Å². The van der Waals surface area contributed by atoms with Crippen LogP contribution in [0, 0.1) is 11.3 Å². The van der Waals surface area contributed by atoms with Gasteiger partial charge < -0.3 is 14.8 Å². The number of nitrogens with one attached hydrogen (secondary N) is 1. The molecule has 0 aromatic heterocycles. The molecule has 0 unspecified atom stereocenters. The minimum atomic E-state index is -0.539. The number of allylic oxidation sites excluding steroid dienone is 2. The lowest BCUT2D eigenvalue weighted by Crippen LogP contribution is -2.38. The molecular weight excluding hydrogens is 444 g/mol. The van der Waals surface area contributed by atoms with Gasteiger partial charge in [0.15, 0.2) is 0 Å². The van der Waals surface area contributed by atoms with Crippen molar-refractivity contribution in [2.24, 2.45) is 0 Å². The van der Waals surface area contributed by atoms with E-state index in [0.717, 1.165) is 39.4 Å². The maximum atomic E-state index is 12.3. The Labute approximate surface area is 208 Å². The number of carbonyl (C=O) groups excluding carboxylic acids is 1. The Kier molecular flexibility index (Phi) is 9.23. The molecule has 1 aliphatic carbocycles. The summed E-state index contributed by atoms with van der Waals surface area (Å²) >= 11 is 1.49. The smallest absolute Gasteiger partial charge is 0.408 e. The second-order valence-electron chi connectivity index (χ2n) is 9.52. The summed E-state index contributed by atoms with van der Waals surface area (Å²) in [6, 6.07) is 7.65. The molecule has 0 heterocycles. The van der Waals surface area contributed by atoms with Crippen molar-refractivity contribution in [1.29, 1.82) is 5.26 Å². The van der Waals surface area contributed by atoms with Gasteiger partial charge in [-0.05, 0) is 95.7 Å². The summed E-state index contributed by atoms with van der Waals surface area (Å²) in [5.41, 5.74) is 4.16. The van der Waals surface area contributed by atoms with Crippen molar-refractivity contribution in [1.82, 2.24) is 5.32 Å². The minimum Gasteiger partial charge on any atom is -0.490 e. The topological polar surface area (TPSA) is 71.3 Å². The van der Waals surface area contributed by atoms with Crippen LogP contribution in [0.4, 0.5) is 4.79 Å². The summed E-state index contributed by atoms with van der Waals surface area (Å²) in [5, 5.41) is 12.5. The van der Waals surface area contributed by atoms with Gasteiger partial charge in [0.2, 0.25) is 0 Å². The van der Waals surface area contributed by atoms with Gasteiger partial charge in [0.05, 0.1) is 17.7 Å². The number of hydrogen-bond donors (Lipinski definition) is 1. The van der Waals surface area contributed by atoms with Crippen LogP contribution in [0.15, 0.2) is 59.1 Å². The molecule has 0 bridgehead atoms. The number of hydrogen-bond acceptors (Lipinski definition) is 5. The van der Waals surface area contributed by atoms with E-state index in [1.54, 1.807) is 6.07 Å². The van der Waals surface area contributed by atoms with Gasteiger partial charge >= 0.3 is 6.09 Å². The summed E-state index contributed by atoms with van der Waals surface area (Å²) in [6.45, 7) is 21.9. The molecule has 1 saturated carbocycles. The first-order valence-electron chi connectivity index (χ1n) is 11.5. The molecule has 1 aromatic carbocycles. The van der Waals surface area contributed by atoms with Gasteiger partial charge in [-0.3, -0.25) is 0 Å². The highest BCUT2D eigenvalue weighted by atomic mass is 32.2. The van der Waals surface area contributed by atoms with E-state index in [-0.39, 0.29) is 12.1 Å². The number of alkyl carbamates (subject to hydrolysis) is 1. The normalized spacial score (nSPS) is 18.4. The fourth-order valence-corrected chi connectivity index (χ4v) is 4.60. The molecular formula is C28H36N2O3S. The summed E-state index contributed by atoms with van der Waals surface area (Å²) < 4.78 is 11.1. The average molecular weight is 481 g/mol. The Morgan fingerprint density at radius 1 is 1.32 bits per heavy atom. The first kappa shape index (κ1) is 27.3. The lowest BCUT2D eigenvalue weighted by atomic mass is 10.0. The lowest BCUT2D eigenvalue weighted by Gasteiger charge is -2.22. The SMILES string of the molecule is C=C(SC(=C)c1ccc(OC(C)C)c(C#N)c1)/C(C)=C1\CC[C@H](NC(=O)OC(C)(C)C)\C1=C\C. The molecule has 1 aliphatic rings. The van der Waals surface area contributed by atoms with Crippen molar-refractivity contribution in [2.75, 3.05) is 0 Å². The van der Waals surface area contributed by atoms with Crippen LogP contribution in [0.1, 0.15) is 72.4 Å². The van der Waals surface area contributed by atoms with Gasteiger partial charge in [-0.15, -0.1) is 0 Å². The number of carbonyl (C=O) groups is 1. The van der Waals surface area contributed by atoms with E-state index in [0.29, 0.717) is 11.3 Å². The predicted molar refractivity (Wildman–Crippen MR) is 142 cm³/mol. The zero-order valence-corrected chi connectivity index (χ0v) is 22.2. The van der Waals surface area contributed by atoms with Gasteiger partial charge in [-0.25, -0.2) is 4.79 Å². The van der Waals surface area contributed by atoms with Crippen LogP contribution in [0.2, 0.25) is 0 Å². The van der Waals surface area contributed by atoms with Gasteiger partial charge in [0.25, 0.3) is 0 Å². The highest BCUT2D eigenvalue weighted by Gasteiger charge is 2.29. The van der Waals surface area contributed by atoms with Gasteiger partial charge in [0, 0.05) is 9.81 Å². The van der Waals surface area contributed by atoms with E-state index >= 15 is 0 Å². The second kappa shape index (κ2) is 11.5. The largest absolute Gasteiger partial charge is 0.490 e. The highest BCUT2D eigenvalue weighted by Crippen LogP contribution is 2.41. The molecule has 0 saturated heterocycles. The van der Waals surface area contributed by atoms with Crippen LogP contribution < -0.4 is 10.1 Å². The van der Waals surface area contributed by atoms with Crippen LogP contribution in [0.5, 0.6) is 5.75 Å². The van der Waals surface area contributed by atoms with E-state index in [4.69, 9.17) is 9.47 Å². The molecule has 0 aliphatic heterocycles. The number of nitriles is 1. The predicted octanol–water partition coefficient (Wildman–Crippen LogP) is 7.51. The van der Waals surface area contributed by atoms with Crippen molar-refractivity contribution in [3.63, 3.8) is 0 Å². The fourth-order valence-electron chi connectivity index (χ4n) is 3.78. The van der Waals surface area contributed by atoms with Crippen LogP contribution in [-0.4, -0.2) is 23.8 Å². The molecule has 34 heavy (non-hydrogen) atoms. The van der Waals surface area contributed by atoms with E-state index in [2.05, 4.69) is 31.5 Å². The molecule has 0 spiro atoms. The number of rotatable bonds is 7. The Hall–Kier alpha value is -2.91. The molecule has 1 fully saturated rings. The minimum absolute atomic E-state index is 0.00885. The summed E-state index contributed by atoms with van der Waals surface area (Å²) in [4.78, 5) is 14.0. The monoisotopic (exact) mass is 480 g/mol. The molecule has 5 nitrogen and oxygen atoms in total. The van der Waals surface area contributed by atoms with E-state index in [1.165, 1.54) is 17.3 Å². The third kappa shape index (κ3) is 7.30. The Morgan fingerprint density at radius 3 is 2.56 bits per heavy atom. The zero-order chi connectivity index (χ0) is 25.6. The third-order valence-electron chi connectivity index (χ3n) is 5.31. The molecule has 1 aromatic rings. The zero-order valence-electron chi connectivity index (χ0n) is 21.4. The van der Waals surface area contributed by atoms with Crippen LogP contribution >= 0.6 is 11.8 Å². The summed E-state index contributed by atoms with van der Waals surface area (Å²) in [5.74, 6) is 0.573. The van der Waals surface area contributed by atoms with Gasteiger partial charge in [0.1, 0.15) is 17.4 Å². The third-order valence-corrected chi connectivity index (χ3v) is 6.35. The first-order valence-corrected chi connectivity index (χ1v) is 12.3. The number of nitrogens with zero attached hydrogens (tertiary/aromatic N) is 1. The molecule has 1 atom stereocenters. The van der Waals surface area contributed by atoms with Gasteiger partial charge in [-0.1, -0.05) is 37.1 Å². The Bertz CT molecular complexity index is 1070. The van der Waals surface area contributed by atoms with Gasteiger partial charge in [-0.2, -0.15) is 5.26 Å². The van der Waals surface area contributed by atoms with Crippen molar-refractivity contribution in [3.8, 4) is 11.8 Å². The van der Waals surface area contributed by atoms with E-state index in [9.17, 15) is 10.1 Å². The molecule has 1 amide bonds. The molecule has 6 heteroatoms. The van der Waals surface area contributed by atoms with E-state index < -0.39 is 11.7 Å². The quantitative estimate of drug-likeness (QED) is 0.437. The molecule has 1 N–H and O–H groups in total. The Balaban J connectivity index is 2.15. The van der Waals surface area contributed by atoms with Crippen molar-refractivity contribution in [2.45, 2.75) is 79.1 Å². The lowest BCUT2D eigenvalue weighted by molar-refractivity contribution is 0.0513. The summed E-state index contributed by atoms with van der Waals surface area (Å²) in [6.07, 6.45) is 3.29. The number of benzene rings is 1. The standard InChI is InChI=1S/C28H36N2O3S/c1-10-23-24(12-13-25(23)30-27(31)33-28(7,8)9)18(4)19(5)34-20(6)21-11-14-26(32-17(2)3)22(15-21)16-29/h10-11,14-15,17,25H,5-6,12-13H2,1-4,7-9H3,(H,30,31)/b23-10+,24-18+/t25-/m0/s1. The van der Waals surface area contributed by atoms with E-state index in [1.807, 2.05) is 59.8 Å². The average Bonchev–Trinajstić information content (AvgIpc) is 3.13. The maximum Gasteiger partial charge on any atom is 0.408 e. The molecule has 182 valence electrons. The summed E-state index contributed by atoms with van der Waals surface area (Å²) in [7, 11) is 0. The highest BCUT2D eigenvalue weighted by molar-refractivity contribution is 8.11. The number of ether oxygens (including phenoxy) is 2. The van der Waals surface area contributed by atoms with Crippen molar-refractivity contribution >= 4 is 22.8 Å². The molecule has 0 radical (unpaired) electrons. The fraction of sp³-hybridized carbons (Fsp3) is 0.429. The van der Waals surface area contributed by atoms with Crippen molar-refractivity contribution < 1.29 is 14.3 Å². The first-order chi connectivity index (χ1) is 15.9. The van der Waals surface area contributed by atoms with Crippen LogP contribution in [0.3, 0.4) is 0 Å². The second-order valence-corrected chi connectivity index (χ2v) is 10.7. The molecule has 2 rings (SSSR count). The number of amides is 1.